The molecule has 40 heavy (non-hydrogen) atoms. The van der Waals surface area contributed by atoms with Gasteiger partial charge in [-0.3, -0.25) is 9.59 Å². The number of rotatable bonds is 16. The molecule has 7 N–H and O–H groups in total. The van der Waals surface area contributed by atoms with Crippen LogP contribution in [0.25, 0.3) is 0 Å². The molecule has 12 heteroatoms. The van der Waals surface area contributed by atoms with Gasteiger partial charge in [-0.2, -0.15) is 0 Å². The topological polar surface area (TPSA) is 172 Å². The number of carbonyl (C=O) groups is 4. The van der Waals surface area contributed by atoms with Crippen molar-refractivity contribution in [3.63, 3.8) is 0 Å². The number of nitrogens with two attached hydrogens (primary N) is 2. The van der Waals surface area contributed by atoms with Gasteiger partial charge in [-0.05, 0) is 56.3 Å². The maximum Gasteiger partial charge on any atom is 0.409 e. The summed E-state index contributed by atoms with van der Waals surface area (Å²) in [6.45, 7) is 11.8. The minimum absolute atomic E-state index is 0.0915. The highest BCUT2D eigenvalue weighted by molar-refractivity contribution is 5.97. The maximum atomic E-state index is 13.0. The first-order valence-electron chi connectivity index (χ1n) is 13.8. The van der Waals surface area contributed by atoms with E-state index in [0.29, 0.717) is 30.6 Å². The molecule has 0 saturated carbocycles. The first-order chi connectivity index (χ1) is 18.7. The lowest BCUT2D eigenvalue weighted by molar-refractivity contribution is -0.128. The van der Waals surface area contributed by atoms with Crippen LogP contribution in [0.5, 0.6) is 0 Å². The number of hydrogen-bond acceptors (Lipinski definition) is 7. The first-order valence-corrected chi connectivity index (χ1v) is 13.8. The number of amides is 5. The van der Waals surface area contributed by atoms with Crippen LogP contribution >= 0.6 is 0 Å². The molecule has 0 spiro atoms. The van der Waals surface area contributed by atoms with Gasteiger partial charge in [0.25, 0.3) is 0 Å². The SMILES string of the molecule is CC(C)C(C)N(C)CCN(C)C(=O)OCc1ccc(NC(=O)[C@H](CCCNC(N)=O)NC(=O)[C@@H](N)C(C)C)cc1. The van der Waals surface area contributed by atoms with Gasteiger partial charge < -0.3 is 42.0 Å². The lowest BCUT2D eigenvalue weighted by Gasteiger charge is -2.29. The molecule has 0 radical (unpaired) electrons. The summed E-state index contributed by atoms with van der Waals surface area (Å²) < 4.78 is 5.43. The van der Waals surface area contributed by atoms with Crippen molar-refractivity contribution in [2.45, 2.75) is 72.2 Å². The van der Waals surface area contributed by atoms with Crippen molar-refractivity contribution < 1.29 is 23.9 Å². The van der Waals surface area contributed by atoms with Crippen molar-refractivity contribution in [3.8, 4) is 0 Å². The Morgan fingerprint density at radius 3 is 2.10 bits per heavy atom. The molecule has 1 unspecified atom stereocenters. The Morgan fingerprint density at radius 1 is 0.925 bits per heavy atom. The molecule has 1 aromatic carbocycles. The van der Waals surface area contributed by atoms with E-state index in [1.165, 1.54) is 0 Å². The average Bonchev–Trinajstić information content (AvgIpc) is 2.90. The molecule has 226 valence electrons. The van der Waals surface area contributed by atoms with Crippen LogP contribution in [0.15, 0.2) is 24.3 Å². The number of likely N-dealkylation sites (N-methyl/N-ethyl adjacent to an activating group) is 2. The summed E-state index contributed by atoms with van der Waals surface area (Å²) in [4.78, 5) is 52.5. The van der Waals surface area contributed by atoms with E-state index in [4.69, 9.17) is 16.2 Å². The molecule has 12 nitrogen and oxygen atoms in total. The van der Waals surface area contributed by atoms with Crippen LogP contribution in [0.1, 0.15) is 53.0 Å². The summed E-state index contributed by atoms with van der Waals surface area (Å²) >= 11 is 0. The van der Waals surface area contributed by atoms with Crippen molar-refractivity contribution >= 4 is 29.6 Å². The molecule has 0 fully saturated rings. The molecule has 0 aliphatic heterocycles. The van der Waals surface area contributed by atoms with Crippen LogP contribution in [0, 0.1) is 11.8 Å². The van der Waals surface area contributed by atoms with Gasteiger partial charge in [0.1, 0.15) is 12.6 Å². The molecule has 0 aliphatic rings. The summed E-state index contributed by atoms with van der Waals surface area (Å²) in [5, 5.41) is 7.96. The van der Waals surface area contributed by atoms with Gasteiger partial charge >= 0.3 is 12.1 Å². The van der Waals surface area contributed by atoms with E-state index in [2.05, 4.69) is 41.6 Å². The lowest BCUT2D eigenvalue weighted by Crippen LogP contribution is -2.51. The molecule has 3 atom stereocenters. The smallest absolute Gasteiger partial charge is 0.409 e. The van der Waals surface area contributed by atoms with Crippen LogP contribution in [0.2, 0.25) is 0 Å². The summed E-state index contributed by atoms with van der Waals surface area (Å²) in [6.07, 6.45) is 0.285. The second-order valence-corrected chi connectivity index (χ2v) is 10.9. The number of benzene rings is 1. The number of carbonyl (C=O) groups excluding carboxylic acids is 4. The third-order valence-electron chi connectivity index (χ3n) is 6.97. The molecular weight excluding hydrogens is 514 g/mol. The highest BCUT2D eigenvalue weighted by Crippen LogP contribution is 2.13. The highest BCUT2D eigenvalue weighted by Gasteiger charge is 2.25. The average molecular weight is 564 g/mol. The molecule has 0 saturated heterocycles. The minimum Gasteiger partial charge on any atom is -0.445 e. The van der Waals surface area contributed by atoms with Crippen LogP contribution in [0.3, 0.4) is 0 Å². The molecule has 0 aromatic heterocycles. The number of nitrogens with zero attached hydrogens (tertiary/aromatic N) is 2. The zero-order chi connectivity index (χ0) is 30.4. The van der Waals surface area contributed by atoms with Gasteiger partial charge in [0.05, 0.1) is 6.04 Å². The predicted octanol–water partition coefficient (Wildman–Crippen LogP) is 2.09. The van der Waals surface area contributed by atoms with Crippen molar-refractivity contribution in [1.82, 2.24) is 20.4 Å². The van der Waals surface area contributed by atoms with Crippen molar-refractivity contribution in [2.24, 2.45) is 23.3 Å². The monoisotopic (exact) mass is 563 g/mol. The second-order valence-electron chi connectivity index (χ2n) is 10.9. The Kier molecular flexibility index (Phi) is 15.0. The number of ether oxygens (including phenoxy) is 1. The summed E-state index contributed by atoms with van der Waals surface area (Å²) in [5.74, 6) is -0.424. The largest absolute Gasteiger partial charge is 0.445 e. The van der Waals surface area contributed by atoms with Crippen LogP contribution in [-0.2, 0) is 20.9 Å². The van der Waals surface area contributed by atoms with Gasteiger partial charge in [0.2, 0.25) is 11.8 Å². The third kappa shape index (κ3) is 12.6. The zero-order valence-corrected chi connectivity index (χ0v) is 25.0. The fraction of sp³-hybridized carbons (Fsp3) is 0.643. The quantitative estimate of drug-likeness (QED) is 0.192. The fourth-order valence-corrected chi connectivity index (χ4v) is 3.64. The zero-order valence-electron chi connectivity index (χ0n) is 25.0. The Balaban J connectivity index is 2.67. The molecule has 5 amide bonds. The summed E-state index contributed by atoms with van der Waals surface area (Å²) in [7, 11) is 3.75. The second kappa shape index (κ2) is 17.3. The van der Waals surface area contributed by atoms with Gasteiger partial charge in [-0.25, -0.2) is 9.59 Å². The van der Waals surface area contributed by atoms with Gasteiger partial charge in [0, 0.05) is 38.4 Å². The Bertz CT molecular complexity index is 955. The van der Waals surface area contributed by atoms with E-state index in [1.54, 1.807) is 36.2 Å². The predicted molar refractivity (Wildman–Crippen MR) is 156 cm³/mol. The molecule has 1 rings (SSSR count). The van der Waals surface area contributed by atoms with Gasteiger partial charge in [-0.1, -0.05) is 39.8 Å². The highest BCUT2D eigenvalue weighted by atomic mass is 16.6. The minimum atomic E-state index is -0.856. The number of primary amides is 1. The molecule has 0 heterocycles. The fourth-order valence-electron chi connectivity index (χ4n) is 3.64. The van der Waals surface area contributed by atoms with Crippen molar-refractivity contribution in [2.75, 3.05) is 39.0 Å². The first kappa shape index (κ1) is 34.6. The molecular formula is C28H49N7O5. The number of nitrogens with one attached hydrogen (secondary N) is 3. The van der Waals surface area contributed by atoms with Crippen LogP contribution in [-0.4, -0.2) is 85.6 Å². The van der Waals surface area contributed by atoms with E-state index in [0.717, 1.165) is 12.1 Å². The van der Waals surface area contributed by atoms with Crippen LogP contribution in [0.4, 0.5) is 15.3 Å². The van der Waals surface area contributed by atoms with E-state index in [-0.39, 0.29) is 25.5 Å². The number of urea groups is 1. The van der Waals surface area contributed by atoms with Gasteiger partial charge in [0.15, 0.2) is 0 Å². The molecule has 0 bridgehead atoms. The Morgan fingerprint density at radius 2 is 1.55 bits per heavy atom. The van der Waals surface area contributed by atoms with E-state index < -0.39 is 36.0 Å². The summed E-state index contributed by atoms with van der Waals surface area (Å²) in [5.41, 5.74) is 12.3. The number of hydrogen-bond donors (Lipinski definition) is 5. The lowest BCUT2D eigenvalue weighted by atomic mass is 10.0. The standard InChI is InChI=1S/C28H49N7O5/c1-18(2)20(5)34(6)15-16-35(7)28(39)40-17-21-10-12-22(13-11-21)32-25(36)23(9-8-14-31-27(30)38)33-26(37)24(29)19(3)4/h10-13,18-20,23-24H,8-9,14-17,29H2,1-7H3,(H,32,36)(H,33,37)(H3,30,31,38)/t20?,23-,24-/m0/s1. The maximum absolute atomic E-state index is 13.0. The number of anilines is 1. The third-order valence-corrected chi connectivity index (χ3v) is 6.97. The molecule has 0 aliphatic carbocycles. The van der Waals surface area contributed by atoms with Gasteiger partial charge in [-0.15, -0.1) is 0 Å². The summed E-state index contributed by atoms with van der Waals surface area (Å²) in [6, 6.07) is 5.02. The molecule has 1 aromatic rings. The van der Waals surface area contributed by atoms with E-state index >= 15 is 0 Å². The van der Waals surface area contributed by atoms with Crippen molar-refractivity contribution in [1.29, 1.82) is 0 Å². The van der Waals surface area contributed by atoms with Crippen LogP contribution < -0.4 is 27.4 Å². The van der Waals surface area contributed by atoms with E-state index in [9.17, 15) is 19.2 Å². The van der Waals surface area contributed by atoms with E-state index in [1.807, 2.05) is 20.9 Å². The Hall–Kier alpha value is -3.38. The van der Waals surface area contributed by atoms with Crippen molar-refractivity contribution in [3.05, 3.63) is 29.8 Å². The normalized spacial score (nSPS) is 13.5. The Labute approximate surface area is 238 Å².